The van der Waals surface area contributed by atoms with Crippen molar-refractivity contribution in [3.63, 3.8) is 0 Å². The number of benzene rings is 2. The first-order valence-electron chi connectivity index (χ1n) is 7.90. The molecule has 0 bridgehead atoms. The first-order chi connectivity index (χ1) is 12.7. The molecule has 0 saturated heterocycles. The molecule has 0 aliphatic rings. The van der Waals surface area contributed by atoms with Crippen LogP contribution in [0.5, 0.6) is 0 Å². The van der Waals surface area contributed by atoms with Crippen LogP contribution in [0.4, 0.5) is 17.2 Å². The van der Waals surface area contributed by atoms with Gasteiger partial charge in [0, 0.05) is 11.6 Å². The monoisotopic (exact) mass is 343 g/mol. The average Bonchev–Trinajstić information content (AvgIpc) is 2.68. The second kappa shape index (κ2) is 6.56. The zero-order chi connectivity index (χ0) is 17.9. The van der Waals surface area contributed by atoms with Crippen LogP contribution in [-0.4, -0.2) is 19.9 Å². The third-order valence-electron chi connectivity index (χ3n) is 3.84. The van der Waals surface area contributed by atoms with Gasteiger partial charge in [0.2, 0.25) is 0 Å². The number of anilines is 2. The molecule has 0 fully saturated rings. The summed E-state index contributed by atoms with van der Waals surface area (Å²) in [5.41, 5.74) is 3.14. The molecule has 4 aromatic rings. The Bertz CT molecular complexity index is 1100. The second-order valence-electron chi connectivity index (χ2n) is 5.56. The molecule has 2 aromatic carbocycles. The molecule has 0 amide bonds. The normalized spacial score (nSPS) is 10.6. The number of nitro benzene ring substituents is 1. The summed E-state index contributed by atoms with van der Waals surface area (Å²) in [6, 6.07) is 19.6. The first-order valence-corrected chi connectivity index (χ1v) is 7.90. The summed E-state index contributed by atoms with van der Waals surface area (Å²) in [5.74, 6) is 0.464. The summed E-state index contributed by atoms with van der Waals surface area (Å²) in [4.78, 5) is 24.1. The molecule has 4 rings (SSSR count). The van der Waals surface area contributed by atoms with Crippen molar-refractivity contribution < 1.29 is 4.92 Å². The molecule has 7 nitrogen and oxygen atoms in total. The fraction of sp³-hybridized carbons (Fsp3) is 0. The molecule has 0 atom stereocenters. The van der Waals surface area contributed by atoms with Crippen molar-refractivity contribution >= 4 is 28.4 Å². The second-order valence-corrected chi connectivity index (χ2v) is 5.56. The lowest BCUT2D eigenvalue weighted by Crippen LogP contribution is -1.99. The maximum Gasteiger partial charge on any atom is 0.292 e. The Morgan fingerprint density at radius 3 is 2.46 bits per heavy atom. The minimum absolute atomic E-state index is 0.0153. The number of hydrogen-bond donors (Lipinski definition) is 1. The number of rotatable bonds is 4. The summed E-state index contributed by atoms with van der Waals surface area (Å²) in [6.45, 7) is 0. The smallest absolute Gasteiger partial charge is 0.292 e. The number of hydrogen-bond acceptors (Lipinski definition) is 6. The molecule has 2 heterocycles. The minimum Gasteiger partial charge on any atom is -0.335 e. The molecule has 1 N–H and O–H groups in total. The highest BCUT2D eigenvalue weighted by atomic mass is 16.6. The molecule has 0 radical (unpaired) electrons. The van der Waals surface area contributed by atoms with Crippen LogP contribution >= 0.6 is 0 Å². The highest BCUT2D eigenvalue weighted by Crippen LogP contribution is 2.27. The van der Waals surface area contributed by atoms with Gasteiger partial charge in [-0.3, -0.25) is 15.1 Å². The van der Waals surface area contributed by atoms with Crippen LogP contribution in [-0.2, 0) is 0 Å². The van der Waals surface area contributed by atoms with Crippen LogP contribution in [0.1, 0.15) is 0 Å². The van der Waals surface area contributed by atoms with Gasteiger partial charge in [-0.05, 0) is 18.2 Å². The molecule has 126 valence electrons. The number of nitrogens with zero attached hydrogens (tertiary/aromatic N) is 4. The van der Waals surface area contributed by atoms with Gasteiger partial charge in [-0.2, -0.15) is 0 Å². The predicted octanol–water partition coefficient (Wildman–Crippen LogP) is 4.34. The van der Waals surface area contributed by atoms with Crippen LogP contribution < -0.4 is 5.32 Å². The van der Waals surface area contributed by atoms with Crippen LogP contribution in [0.3, 0.4) is 0 Å². The van der Waals surface area contributed by atoms with Crippen molar-refractivity contribution in [3.8, 4) is 11.3 Å². The number of para-hydroxylation sites is 2. The minimum atomic E-state index is -0.434. The topological polar surface area (TPSA) is 93.8 Å². The SMILES string of the molecule is O=[N+]([O-])c1ccccc1Nc1ccc2ncc(-c3ccccc3)nc2n1. The van der Waals surface area contributed by atoms with Crippen LogP contribution in [0.25, 0.3) is 22.4 Å². The quantitative estimate of drug-likeness (QED) is 0.437. The highest BCUT2D eigenvalue weighted by Gasteiger charge is 2.13. The molecule has 0 unspecified atom stereocenters. The number of aromatic nitrogens is 3. The van der Waals surface area contributed by atoms with Gasteiger partial charge in [-0.15, -0.1) is 0 Å². The van der Waals surface area contributed by atoms with Gasteiger partial charge in [0.05, 0.1) is 16.8 Å². The third kappa shape index (κ3) is 3.05. The van der Waals surface area contributed by atoms with E-state index < -0.39 is 4.92 Å². The van der Waals surface area contributed by atoms with Crippen molar-refractivity contribution in [1.82, 2.24) is 15.0 Å². The Morgan fingerprint density at radius 1 is 0.885 bits per heavy atom. The van der Waals surface area contributed by atoms with Gasteiger partial charge in [-0.25, -0.2) is 9.97 Å². The van der Waals surface area contributed by atoms with Crippen LogP contribution in [0.15, 0.2) is 72.9 Å². The lowest BCUT2D eigenvalue weighted by atomic mass is 10.2. The number of pyridine rings is 1. The number of nitro groups is 1. The highest BCUT2D eigenvalue weighted by molar-refractivity contribution is 5.77. The Kier molecular flexibility index (Phi) is 3.95. The van der Waals surface area contributed by atoms with Gasteiger partial charge < -0.3 is 5.32 Å². The first kappa shape index (κ1) is 15.6. The van der Waals surface area contributed by atoms with Gasteiger partial charge in [0.1, 0.15) is 17.0 Å². The Labute approximate surface area is 148 Å². The molecule has 0 spiro atoms. The molecule has 0 aliphatic carbocycles. The fourth-order valence-electron chi connectivity index (χ4n) is 2.59. The fourth-order valence-corrected chi connectivity index (χ4v) is 2.59. The summed E-state index contributed by atoms with van der Waals surface area (Å²) in [6.07, 6.45) is 1.70. The van der Waals surface area contributed by atoms with E-state index in [0.29, 0.717) is 28.4 Å². The molecule has 26 heavy (non-hydrogen) atoms. The zero-order valence-corrected chi connectivity index (χ0v) is 13.5. The van der Waals surface area contributed by atoms with E-state index in [9.17, 15) is 10.1 Å². The Hall–Kier alpha value is -3.87. The molecular weight excluding hydrogens is 330 g/mol. The van der Waals surface area contributed by atoms with E-state index in [-0.39, 0.29) is 5.69 Å². The summed E-state index contributed by atoms with van der Waals surface area (Å²) in [5, 5.41) is 14.1. The van der Waals surface area contributed by atoms with Gasteiger partial charge in [-0.1, -0.05) is 42.5 Å². The van der Waals surface area contributed by atoms with E-state index in [1.165, 1.54) is 6.07 Å². The number of nitrogens with one attached hydrogen (secondary N) is 1. The molecule has 0 aliphatic heterocycles. The molecule has 7 heteroatoms. The lowest BCUT2D eigenvalue weighted by Gasteiger charge is -2.07. The van der Waals surface area contributed by atoms with Crippen molar-refractivity contribution in [2.75, 3.05) is 5.32 Å². The largest absolute Gasteiger partial charge is 0.335 e. The summed E-state index contributed by atoms with van der Waals surface area (Å²) >= 11 is 0. The van der Waals surface area contributed by atoms with E-state index in [4.69, 9.17) is 0 Å². The van der Waals surface area contributed by atoms with Crippen LogP contribution in [0.2, 0.25) is 0 Å². The Balaban J connectivity index is 1.72. The summed E-state index contributed by atoms with van der Waals surface area (Å²) in [7, 11) is 0. The molecule has 2 aromatic heterocycles. The zero-order valence-electron chi connectivity index (χ0n) is 13.5. The van der Waals surface area contributed by atoms with Gasteiger partial charge in [0.15, 0.2) is 5.65 Å². The predicted molar refractivity (Wildman–Crippen MR) is 99.1 cm³/mol. The molecular formula is C19H13N5O2. The molecule has 0 saturated carbocycles. The van der Waals surface area contributed by atoms with E-state index in [0.717, 1.165) is 5.56 Å². The van der Waals surface area contributed by atoms with E-state index in [2.05, 4.69) is 20.3 Å². The van der Waals surface area contributed by atoms with Crippen molar-refractivity contribution in [2.24, 2.45) is 0 Å². The van der Waals surface area contributed by atoms with Gasteiger partial charge in [0.25, 0.3) is 5.69 Å². The number of fused-ring (bicyclic) bond motifs is 1. The van der Waals surface area contributed by atoms with E-state index in [1.54, 1.807) is 36.5 Å². The van der Waals surface area contributed by atoms with Crippen molar-refractivity contribution in [3.05, 3.63) is 83.0 Å². The van der Waals surface area contributed by atoms with Crippen molar-refractivity contribution in [1.29, 1.82) is 0 Å². The Morgan fingerprint density at radius 2 is 1.65 bits per heavy atom. The van der Waals surface area contributed by atoms with Gasteiger partial charge >= 0.3 is 0 Å². The summed E-state index contributed by atoms with van der Waals surface area (Å²) < 4.78 is 0. The average molecular weight is 343 g/mol. The van der Waals surface area contributed by atoms with E-state index in [1.807, 2.05) is 30.3 Å². The maximum absolute atomic E-state index is 11.1. The lowest BCUT2D eigenvalue weighted by molar-refractivity contribution is -0.383. The third-order valence-corrected chi connectivity index (χ3v) is 3.84. The van der Waals surface area contributed by atoms with E-state index >= 15 is 0 Å². The standard InChI is InChI=1S/C19H13N5O2/c25-24(26)17-9-5-4-8-14(17)21-18-11-10-15-19(23-18)22-16(12-20-15)13-6-2-1-3-7-13/h1-12H,(H,21,22,23). The van der Waals surface area contributed by atoms with Crippen LogP contribution in [0, 0.1) is 10.1 Å². The van der Waals surface area contributed by atoms with Crippen molar-refractivity contribution in [2.45, 2.75) is 0 Å². The maximum atomic E-state index is 11.1.